The highest BCUT2D eigenvalue weighted by atomic mass is 32.2. The second kappa shape index (κ2) is 9.42. The van der Waals surface area contributed by atoms with E-state index >= 15 is 0 Å². The molecule has 3 rings (SSSR count). The molecule has 0 aliphatic carbocycles. The number of nitrogens with one attached hydrogen (secondary N) is 1. The number of aromatic nitrogens is 3. The van der Waals surface area contributed by atoms with Crippen LogP contribution in [0.15, 0.2) is 52.2 Å². The Hall–Kier alpha value is -3.07. The number of thioether (sulfide) groups is 1. The molecule has 29 heavy (non-hydrogen) atoms. The fourth-order valence-electron chi connectivity index (χ4n) is 2.66. The molecule has 0 saturated heterocycles. The van der Waals surface area contributed by atoms with Gasteiger partial charge in [0.15, 0.2) is 11.5 Å². The van der Waals surface area contributed by atoms with E-state index in [1.165, 1.54) is 28.5 Å². The summed E-state index contributed by atoms with van der Waals surface area (Å²) in [5.41, 5.74) is 0.797. The van der Waals surface area contributed by atoms with Crippen molar-refractivity contribution in [2.75, 3.05) is 19.5 Å². The summed E-state index contributed by atoms with van der Waals surface area (Å²) in [6, 6.07) is 11.4. The van der Waals surface area contributed by atoms with Crippen molar-refractivity contribution < 1.29 is 13.9 Å². The van der Waals surface area contributed by atoms with Gasteiger partial charge < -0.3 is 14.8 Å². The molecular formula is C20H21FN4O3S. The van der Waals surface area contributed by atoms with Crippen LogP contribution in [0.5, 0.6) is 11.5 Å². The minimum atomic E-state index is -0.298. The molecule has 0 aliphatic rings. The lowest BCUT2D eigenvalue weighted by Gasteiger charge is -2.14. The van der Waals surface area contributed by atoms with Crippen molar-refractivity contribution in [2.24, 2.45) is 0 Å². The maximum absolute atomic E-state index is 13.0. The standard InChI is InChI=1S/C20H21FN4O3S/c1-4-25-19(26)16(12-29-15-8-5-13(21)6-9-15)23-24-20(25)22-14-7-10-17(27-2)18(11-14)28-3/h5-11H,4,12H2,1-3H3,(H,22,24). The first-order valence-corrected chi connectivity index (χ1v) is 9.88. The summed E-state index contributed by atoms with van der Waals surface area (Å²) in [5, 5.41) is 11.4. The fourth-order valence-corrected chi connectivity index (χ4v) is 3.47. The minimum absolute atomic E-state index is 0.222. The highest BCUT2D eigenvalue weighted by Crippen LogP contribution is 2.30. The molecular weight excluding hydrogens is 395 g/mol. The van der Waals surface area contributed by atoms with Crippen LogP contribution in [-0.2, 0) is 12.3 Å². The summed E-state index contributed by atoms with van der Waals surface area (Å²) in [6.45, 7) is 2.29. The van der Waals surface area contributed by atoms with Gasteiger partial charge in [-0.05, 0) is 43.3 Å². The summed E-state index contributed by atoms with van der Waals surface area (Å²) >= 11 is 1.40. The van der Waals surface area contributed by atoms with Crippen LogP contribution >= 0.6 is 11.8 Å². The number of methoxy groups -OCH3 is 2. The smallest absolute Gasteiger partial charge is 0.277 e. The van der Waals surface area contributed by atoms with E-state index in [0.717, 1.165) is 4.90 Å². The van der Waals surface area contributed by atoms with Crippen LogP contribution in [0, 0.1) is 5.82 Å². The second-order valence-electron chi connectivity index (χ2n) is 5.96. The number of ether oxygens (including phenoxy) is 2. The van der Waals surface area contributed by atoms with Crippen LogP contribution in [0.1, 0.15) is 12.6 Å². The zero-order valence-corrected chi connectivity index (χ0v) is 17.1. The number of halogens is 1. The molecule has 0 saturated carbocycles. The predicted molar refractivity (Wildman–Crippen MR) is 111 cm³/mol. The number of hydrogen-bond acceptors (Lipinski definition) is 7. The van der Waals surface area contributed by atoms with Gasteiger partial charge in [-0.15, -0.1) is 22.0 Å². The third kappa shape index (κ3) is 4.86. The van der Waals surface area contributed by atoms with Crippen LogP contribution < -0.4 is 20.3 Å². The van der Waals surface area contributed by atoms with E-state index in [1.54, 1.807) is 44.6 Å². The van der Waals surface area contributed by atoms with Gasteiger partial charge in [-0.2, -0.15) is 0 Å². The van der Waals surface area contributed by atoms with Crippen molar-refractivity contribution in [1.29, 1.82) is 0 Å². The Kier molecular flexibility index (Phi) is 6.71. The van der Waals surface area contributed by atoms with Crippen molar-refractivity contribution in [1.82, 2.24) is 14.8 Å². The third-order valence-corrected chi connectivity index (χ3v) is 5.18. The molecule has 3 aromatic rings. The lowest BCUT2D eigenvalue weighted by Crippen LogP contribution is -2.27. The Bertz CT molecular complexity index is 1040. The highest BCUT2D eigenvalue weighted by Gasteiger charge is 2.13. The molecule has 1 N–H and O–H groups in total. The molecule has 9 heteroatoms. The molecule has 7 nitrogen and oxygen atoms in total. The second-order valence-corrected chi connectivity index (χ2v) is 7.01. The van der Waals surface area contributed by atoms with Crippen molar-refractivity contribution >= 4 is 23.4 Å². The average molecular weight is 416 g/mol. The molecule has 1 aromatic heterocycles. The summed E-state index contributed by atoms with van der Waals surface area (Å²) < 4.78 is 25.1. The maximum Gasteiger partial charge on any atom is 0.277 e. The first-order chi connectivity index (χ1) is 14.0. The van der Waals surface area contributed by atoms with Crippen molar-refractivity contribution in [2.45, 2.75) is 24.1 Å². The first kappa shape index (κ1) is 20.7. The van der Waals surface area contributed by atoms with E-state index in [0.29, 0.717) is 41.1 Å². The lowest BCUT2D eigenvalue weighted by molar-refractivity contribution is 0.355. The summed E-state index contributed by atoms with van der Waals surface area (Å²) in [6.07, 6.45) is 0. The molecule has 0 bridgehead atoms. The number of nitrogens with zero attached hydrogens (tertiary/aromatic N) is 3. The predicted octanol–water partition coefficient (Wildman–Crippen LogP) is 3.85. The van der Waals surface area contributed by atoms with Crippen LogP contribution in [0.4, 0.5) is 16.0 Å². The molecule has 0 spiro atoms. The van der Waals surface area contributed by atoms with Gasteiger partial charge in [0.1, 0.15) is 11.5 Å². The average Bonchev–Trinajstić information content (AvgIpc) is 2.74. The van der Waals surface area contributed by atoms with Crippen LogP contribution in [-0.4, -0.2) is 29.0 Å². The van der Waals surface area contributed by atoms with E-state index in [9.17, 15) is 9.18 Å². The zero-order valence-electron chi connectivity index (χ0n) is 16.3. The Morgan fingerprint density at radius 2 is 1.79 bits per heavy atom. The quantitative estimate of drug-likeness (QED) is 0.559. The van der Waals surface area contributed by atoms with Crippen LogP contribution in [0.25, 0.3) is 0 Å². The molecule has 0 radical (unpaired) electrons. The SMILES string of the molecule is CCn1c(Nc2ccc(OC)c(OC)c2)nnc(CSc2ccc(F)cc2)c1=O. The van der Waals surface area contributed by atoms with Gasteiger partial charge in [0.2, 0.25) is 5.95 Å². The van der Waals surface area contributed by atoms with Gasteiger partial charge in [-0.1, -0.05) is 0 Å². The van der Waals surface area contributed by atoms with E-state index in [1.807, 2.05) is 6.92 Å². The topological polar surface area (TPSA) is 78.3 Å². The Labute approximate surface area is 171 Å². The van der Waals surface area contributed by atoms with E-state index in [-0.39, 0.29) is 11.4 Å². The number of hydrogen-bond donors (Lipinski definition) is 1. The normalized spacial score (nSPS) is 10.6. The number of anilines is 2. The van der Waals surface area contributed by atoms with Gasteiger partial charge in [-0.3, -0.25) is 9.36 Å². The Morgan fingerprint density at radius 1 is 1.07 bits per heavy atom. The number of benzene rings is 2. The van der Waals surface area contributed by atoms with E-state index in [4.69, 9.17) is 9.47 Å². The van der Waals surface area contributed by atoms with Crippen molar-refractivity contribution in [3.05, 3.63) is 64.3 Å². The highest BCUT2D eigenvalue weighted by molar-refractivity contribution is 7.98. The minimum Gasteiger partial charge on any atom is -0.493 e. The third-order valence-electron chi connectivity index (χ3n) is 4.16. The molecule has 0 aliphatic heterocycles. The maximum atomic E-state index is 13.0. The fraction of sp³-hybridized carbons (Fsp3) is 0.250. The lowest BCUT2D eigenvalue weighted by atomic mass is 10.3. The summed E-state index contributed by atoms with van der Waals surface area (Å²) in [5.74, 6) is 1.54. The van der Waals surface area contributed by atoms with Crippen LogP contribution in [0.2, 0.25) is 0 Å². The Balaban J connectivity index is 1.81. The van der Waals surface area contributed by atoms with Gasteiger partial charge in [0, 0.05) is 28.9 Å². The molecule has 2 aromatic carbocycles. The summed E-state index contributed by atoms with van der Waals surface area (Å²) in [7, 11) is 3.12. The summed E-state index contributed by atoms with van der Waals surface area (Å²) in [4.78, 5) is 13.7. The molecule has 1 heterocycles. The van der Waals surface area contributed by atoms with Crippen molar-refractivity contribution in [3.8, 4) is 11.5 Å². The van der Waals surface area contributed by atoms with Crippen molar-refractivity contribution in [3.63, 3.8) is 0 Å². The van der Waals surface area contributed by atoms with Gasteiger partial charge in [0.05, 0.1) is 14.2 Å². The van der Waals surface area contributed by atoms with Gasteiger partial charge in [0.25, 0.3) is 5.56 Å². The monoisotopic (exact) mass is 416 g/mol. The van der Waals surface area contributed by atoms with Crippen LogP contribution in [0.3, 0.4) is 0 Å². The Morgan fingerprint density at radius 3 is 2.45 bits per heavy atom. The largest absolute Gasteiger partial charge is 0.493 e. The number of rotatable bonds is 8. The molecule has 0 fully saturated rings. The van der Waals surface area contributed by atoms with Gasteiger partial charge in [-0.25, -0.2) is 4.39 Å². The molecule has 0 atom stereocenters. The zero-order chi connectivity index (χ0) is 20.8. The van der Waals surface area contributed by atoms with E-state index < -0.39 is 0 Å². The molecule has 152 valence electrons. The van der Waals surface area contributed by atoms with Gasteiger partial charge >= 0.3 is 0 Å². The molecule has 0 amide bonds. The van der Waals surface area contributed by atoms with E-state index in [2.05, 4.69) is 15.5 Å². The molecule has 0 unspecified atom stereocenters. The first-order valence-electron chi connectivity index (χ1n) is 8.89.